The minimum absolute atomic E-state index is 0. The molecule has 3 heterocycles. The summed E-state index contributed by atoms with van der Waals surface area (Å²) in [5.41, 5.74) is 1.71. The van der Waals surface area contributed by atoms with Gasteiger partial charge in [0.05, 0.1) is 23.2 Å². The number of nitrogens with zero attached hydrogens (tertiary/aromatic N) is 3. The summed E-state index contributed by atoms with van der Waals surface area (Å²) in [5, 5.41) is 8.54. The van der Waals surface area contributed by atoms with Crippen molar-refractivity contribution in [3.05, 3.63) is 59.8 Å². The number of nitrogens with one attached hydrogen (secondary N) is 2. The molecule has 3 aromatic rings. The maximum absolute atomic E-state index is 12.4. The summed E-state index contributed by atoms with van der Waals surface area (Å²) in [5.74, 6) is 1.36. The van der Waals surface area contributed by atoms with Crippen molar-refractivity contribution in [3.8, 4) is 10.8 Å². The van der Waals surface area contributed by atoms with Crippen molar-refractivity contribution in [2.24, 2.45) is 4.99 Å². The molecule has 29 heavy (non-hydrogen) atoms. The van der Waals surface area contributed by atoms with Gasteiger partial charge in [-0.05, 0) is 23.6 Å². The van der Waals surface area contributed by atoms with Crippen molar-refractivity contribution in [3.63, 3.8) is 0 Å². The first kappa shape index (κ1) is 21.3. The first-order valence-electron chi connectivity index (χ1n) is 9.04. The minimum atomic E-state index is -0.00195. The van der Waals surface area contributed by atoms with E-state index in [0.29, 0.717) is 31.4 Å². The zero-order valence-electron chi connectivity index (χ0n) is 15.9. The summed E-state index contributed by atoms with van der Waals surface area (Å²) >= 11 is 1.59. The molecule has 1 aromatic carbocycles. The summed E-state index contributed by atoms with van der Waals surface area (Å²) in [7, 11) is 1.71. The molecule has 0 radical (unpaired) electrons. The second kappa shape index (κ2) is 9.88. The van der Waals surface area contributed by atoms with Gasteiger partial charge in [0.15, 0.2) is 5.96 Å². The predicted octanol–water partition coefficient (Wildman–Crippen LogP) is 3.49. The fourth-order valence-electron chi connectivity index (χ4n) is 3.13. The number of para-hydroxylation sites is 1. The fraction of sp³-hybridized carbons (Fsp3) is 0.250. The van der Waals surface area contributed by atoms with Crippen LogP contribution in [0.3, 0.4) is 0 Å². The number of amides is 1. The molecule has 0 bridgehead atoms. The molecule has 7 nitrogen and oxygen atoms in total. The van der Waals surface area contributed by atoms with Crippen LogP contribution < -0.4 is 15.5 Å². The zero-order valence-corrected chi connectivity index (χ0v) is 19.0. The van der Waals surface area contributed by atoms with E-state index in [9.17, 15) is 4.79 Å². The quantitative estimate of drug-likeness (QED) is 0.304. The third kappa shape index (κ3) is 5.15. The SMILES string of the molecule is CN=C(NCc1coc(-c2cccs2)n1)NC1CC(=O)N(c2ccccc2)C1.I. The molecule has 2 N–H and O–H groups in total. The molecule has 1 aliphatic rings. The van der Waals surface area contributed by atoms with Crippen LogP contribution >= 0.6 is 35.3 Å². The van der Waals surface area contributed by atoms with E-state index in [4.69, 9.17) is 4.42 Å². The van der Waals surface area contributed by atoms with Crippen molar-refractivity contribution < 1.29 is 9.21 Å². The Morgan fingerprint density at radius 3 is 2.86 bits per heavy atom. The molecule has 0 aliphatic carbocycles. The van der Waals surface area contributed by atoms with Gasteiger partial charge in [0, 0.05) is 25.7 Å². The highest BCUT2D eigenvalue weighted by molar-refractivity contribution is 14.0. The zero-order chi connectivity index (χ0) is 19.3. The predicted molar refractivity (Wildman–Crippen MR) is 126 cm³/mol. The summed E-state index contributed by atoms with van der Waals surface area (Å²) in [4.78, 5) is 23.9. The molecule has 2 aromatic heterocycles. The van der Waals surface area contributed by atoms with E-state index >= 15 is 0 Å². The van der Waals surface area contributed by atoms with Gasteiger partial charge in [0.25, 0.3) is 0 Å². The van der Waals surface area contributed by atoms with Gasteiger partial charge in [-0.25, -0.2) is 4.98 Å². The number of carbonyl (C=O) groups excluding carboxylic acids is 1. The molecule has 1 amide bonds. The largest absolute Gasteiger partial charge is 0.443 e. The Morgan fingerprint density at radius 1 is 1.31 bits per heavy atom. The number of benzene rings is 1. The molecule has 0 saturated carbocycles. The maximum Gasteiger partial charge on any atom is 0.236 e. The highest BCUT2D eigenvalue weighted by atomic mass is 127. The van der Waals surface area contributed by atoms with E-state index in [-0.39, 0.29) is 35.9 Å². The van der Waals surface area contributed by atoms with Crippen LogP contribution in [0.1, 0.15) is 12.1 Å². The van der Waals surface area contributed by atoms with E-state index in [0.717, 1.165) is 16.3 Å². The molecule has 4 rings (SSSR count). The Hall–Kier alpha value is -2.40. The standard InChI is InChI=1S/C20H21N5O2S.HI/c1-21-20(22-11-15-13-27-19(23-15)17-8-5-9-28-17)24-14-10-18(26)25(12-14)16-6-3-2-4-7-16;/h2-9,13-14H,10-12H2,1H3,(H2,21,22,24);1H. The van der Waals surface area contributed by atoms with E-state index in [1.165, 1.54) is 0 Å². The van der Waals surface area contributed by atoms with E-state index < -0.39 is 0 Å². The lowest BCUT2D eigenvalue weighted by Gasteiger charge is -2.18. The highest BCUT2D eigenvalue weighted by Gasteiger charge is 2.31. The highest BCUT2D eigenvalue weighted by Crippen LogP contribution is 2.23. The fourth-order valence-corrected chi connectivity index (χ4v) is 3.78. The van der Waals surface area contributed by atoms with Crippen LogP contribution in [0.15, 0.2) is 63.5 Å². The van der Waals surface area contributed by atoms with Gasteiger partial charge in [-0.2, -0.15) is 0 Å². The minimum Gasteiger partial charge on any atom is -0.443 e. The first-order chi connectivity index (χ1) is 13.7. The van der Waals surface area contributed by atoms with Gasteiger partial charge in [0.2, 0.25) is 11.8 Å². The van der Waals surface area contributed by atoms with Gasteiger partial charge in [-0.3, -0.25) is 9.79 Å². The number of hydrogen-bond acceptors (Lipinski definition) is 5. The van der Waals surface area contributed by atoms with Gasteiger partial charge in [-0.1, -0.05) is 24.3 Å². The van der Waals surface area contributed by atoms with Gasteiger partial charge < -0.3 is 20.0 Å². The molecule has 152 valence electrons. The third-order valence-corrected chi connectivity index (χ3v) is 5.34. The molecule has 1 atom stereocenters. The van der Waals surface area contributed by atoms with E-state index in [1.54, 1.807) is 29.5 Å². The molecular weight excluding hydrogens is 501 g/mol. The van der Waals surface area contributed by atoms with Crippen molar-refractivity contribution in [1.82, 2.24) is 15.6 Å². The number of thiophene rings is 1. The average molecular weight is 523 g/mol. The topological polar surface area (TPSA) is 82.8 Å². The number of oxazole rings is 1. The second-order valence-electron chi connectivity index (χ2n) is 6.43. The Bertz CT molecular complexity index is 958. The summed E-state index contributed by atoms with van der Waals surface area (Å²) in [6.45, 7) is 1.09. The first-order valence-corrected chi connectivity index (χ1v) is 9.92. The number of hydrogen-bond donors (Lipinski definition) is 2. The normalized spacial score (nSPS) is 16.6. The number of aromatic nitrogens is 1. The van der Waals surface area contributed by atoms with Gasteiger partial charge >= 0.3 is 0 Å². The summed E-state index contributed by atoms with van der Waals surface area (Å²) < 4.78 is 5.53. The van der Waals surface area contributed by atoms with Crippen molar-refractivity contribution in [1.29, 1.82) is 0 Å². The number of rotatable bonds is 5. The molecule has 1 fully saturated rings. The molecule has 9 heteroatoms. The van der Waals surface area contributed by atoms with Crippen LogP contribution in [0.5, 0.6) is 0 Å². The van der Waals surface area contributed by atoms with Crippen molar-refractivity contribution >= 4 is 52.9 Å². The molecular formula is C20H22IN5O2S. The van der Waals surface area contributed by atoms with Crippen LogP contribution in [0.2, 0.25) is 0 Å². The van der Waals surface area contributed by atoms with Gasteiger partial charge in [0.1, 0.15) is 6.26 Å². The number of halogens is 1. The Balaban J connectivity index is 0.00000240. The number of anilines is 1. The van der Waals surface area contributed by atoms with E-state index in [1.807, 2.05) is 47.8 Å². The van der Waals surface area contributed by atoms with Gasteiger partial charge in [-0.15, -0.1) is 35.3 Å². The van der Waals surface area contributed by atoms with Crippen molar-refractivity contribution in [2.75, 3.05) is 18.5 Å². The lowest BCUT2D eigenvalue weighted by Crippen LogP contribution is -2.44. The smallest absolute Gasteiger partial charge is 0.236 e. The second-order valence-corrected chi connectivity index (χ2v) is 7.38. The van der Waals surface area contributed by atoms with Crippen LogP contribution in [-0.2, 0) is 11.3 Å². The molecule has 0 spiro atoms. The Labute approximate surface area is 190 Å². The van der Waals surface area contributed by atoms with Crippen LogP contribution in [0.25, 0.3) is 10.8 Å². The molecule has 1 saturated heterocycles. The number of carbonyl (C=O) groups is 1. The van der Waals surface area contributed by atoms with Crippen LogP contribution in [0.4, 0.5) is 5.69 Å². The lowest BCUT2D eigenvalue weighted by atomic mass is 10.2. The lowest BCUT2D eigenvalue weighted by molar-refractivity contribution is -0.117. The van der Waals surface area contributed by atoms with Crippen LogP contribution in [-0.4, -0.2) is 36.5 Å². The Kier molecular flexibility index (Phi) is 7.26. The third-order valence-electron chi connectivity index (χ3n) is 4.48. The number of guanidine groups is 1. The maximum atomic E-state index is 12.4. The van der Waals surface area contributed by atoms with E-state index in [2.05, 4.69) is 20.6 Å². The Morgan fingerprint density at radius 2 is 2.14 bits per heavy atom. The average Bonchev–Trinajstić information content (AvgIpc) is 3.46. The van der Waals surface area contributed by atoms with Crippen LogP contribution in [0, 0.1) is 0 Å². The number of aliphatic imine (C=N–C) groups is 1. The van der Waals surface area contributed by atoms with Crippen molar-refractivity contribution in [2.45, 2.75) is 19.0 Å². The summed E-state index contributed by atoms with van der Waals surface area (Å²) in [6, 6.07) is 13.7. The molecule has 1 unspecified atom stereocenters. The monoisotopic (exact) mass is 523 g/mol. The molecule has 1 aliphatic heterocycles. The summed E-state index contributed by atoms with van der Waals surface area (Å²) in [6.07, 6.45) is 2.08.